The number of aromatic nitrogens is 2. The van der Waals surface area contributed by atoms with Crippen LogP contribution in [0.4, 0.5) is 15.8 Å². The zero-order chi connectivity index (χ0) is 17.1. The summed E-state index contributed by atoms with van der Waals surface area (Å²) in [7, 11) is 1.58. The predicted molar refractivity (Wildman–Crippen MR) is 93.9 cm³/mol. The van der Waals surface area contributed by atoms with Gasteiger partial charge in [-0.3, -0.25) is 4.79 Å². The summed E-state index contributed by atoms with van der Waals surface area (Å²) in [5.41, 5.74) is 1.74. The first-order chi connectivity index (χ1) is 11.6. The monoisotopic (exact) mass is 396 g/mol. The molecule has 0 saturated carbocycles. The lowest BCUT2D eigenvalue weighted by Crippen LogP contribution is -2.36. The summed E-state index contributed by atoms with van der Waals surface area (Å²) in [5.74, 6) is -0.252. The minimum Gasteiger partial charge on any atom is -0.379 e. The number of benzene rings is 1. The molecule has 3 rings (SSSR count). The molecule has 8 heteroatoms. The summed E-state index contributed by atoms with van der Waals surface area (Å²) in [5, 5.41) is 7.06. The van der Waals surface area contributed by atoms with Crippen LogP contribution in [0.1, 0.15) is 5.56 Å². The molecule has 24 heavy (non-hydrogen) atoms. The number of aryl methyl sites for hydroxylation is 1. The molecule has 128 valence electrons. The summed E-state index contributed by atoms with van der Waals surface area (Å²) >= 11 is 3.25. The zero-order valence-electron chi connectivity index (χ0n) is 13.3. The highest BCUT2D eigenvalue weighted by molar-refractivity contribution is 9.10. The van der Waals surface area contributed by atoms with Gasteiger partial charge in [0, 0.05) is 26.7 Å². The predicted octanol–water partition coefficient (Wildman–Crippen LogP) is 2.13. The number of nitrogens with one attached hydrogen (secondary N) is 1. The number of nitrogens with zero attached hydrogens (tertiary/aromatic N) is 3. The van der Waals surface area contributed by atoms with Crippen LogP contribution >= 0.6 is 15.9 Å². The standard InChI is InChI=1S/C16H18BrFN4O2/c1-21-16(23)15(17)13(10-20-21)19-9-11-2-3-14(12(18)8-11)22-4-6-24-7-5-22/h2-3,8,10,19H,4-7,9H2,1H3. The van der Waals surface area contributed by atoms with E-state index in [9.17, 15) is 9.18 Å². The molecule has 1 aliphatic heterocycles. The lowest BCUT2D eigenvalue weighted by Gasteiger charge is -2.29. The van der Waals surface area contributed by atoms with Crippen LogP contribution in [-0.2, 0) is 18.3 Å². The van der Waals surface area contributed by atoms with Gasteiger partial charge in [-0.2, -0.15) is 5.10 Å². The van der Waals surface area contributed by atoms with E-state index < -0.39 is 0 Å². The molecule has 0 radical (unpaired) electrons. The number of hydrogen-bond acceptors (Lipinski definition) is 5. The van der Waals surface area contributed by atoms with Gasteiger partial charge in [0.15, 0.2) is 0 Å². The van der Waals surface area contributed by atoms with E-state index >= 15 is 0 Å². The first kappa shape index (κ1) is 16.9. The lowest BCUT2D eigenvalue weighted by atomic mass is 10.1. The van der Waals surface area contributed by atoms with Crippen molar-refractivity contribution >= 4 is 27.3 Å². The average Bonchev–Trinajstić information content (AvgIpc) is 2.60. The Balaban J connectivity index is 1.71. The molecule has 6 nitrogen and oxygen atoms in total. The van der Waals surface area contributed by atoms with Gasteiger partial charge in [-0.05, 0) is 33.6 Å². The van der Waals surface area contributed by atoms with Crippen molar-refractivity contribution < 1.29 is 9.13 Å². The number of morpholine rings is 1. The van der Waals surface area contributed by atoms with E-state index in [1.54, 1.807) is 19.3 Å². The maximum Gasteiger partial charge on any atom is 0.282 e. The fourth-order valence-corrected chi connectivity index (χ4v) is 3.05. The average molecular weight is 397 g/mol. The molecule has 1 fully saturated rings. The second-order valence-corrected chi connectivity index (χ2v) is 6.33. The Morgan fingerprint density at radius 1 is 1.38 bits per heavy atom. The van der Waals surface area contributed by atoms with Gasteiger partial charge in [-0.25, -0.2) is 9.07 Å². The van der Waals surface area contributed by atoms with Crippen LogP contribution in [0.25, 0.3) is 0 Å². The summed E-state index contributed by atoms with van der Waals surface area (Å²) in [6, 6.07) is 5.18. The van der Waals surface area contributed by atoms with Gasteiger partial charge >= 0.3 is 0 Å². The molecule has 2 heterocycles. The third-order valence-electron chi connectivity index (χ3n) is 3.93. The molecule has 1 aliphatic rings. The van der Waals surface area contributed by atoms with Gasteiger partial charge in [0.25, 0.3) is 5.56 Å². The van der Waals surface area contributed by atoms with Crippen LogP contribution in [0.5, 0.6) is 0 Å². The maximum atomic E-state index is 14.4. The molecule has 1 aromatic heterocycles. The van der Waals surface area contributed by atoms with Crippen LogP contribution in [0.15, 0.2) is 33.7 Å². The quantitative estimate of drug-likeness (QED) is 0.857. The van der Waals surface area contributed by atoms with E-state index in [1.807, 2.05) is 11.0 Å². The Kier molecular flexibility index (Phi) is 5.15. The highest BCUT2D eigenvalue weighted by Gasteiger charge is 2.15. The van der Waals surface area contributed by atoms with Crippen molar-refractivity contribution in [2.45, 2.75) is 6.54 Å². The highest BCUT2D eigenvalue weighted by Crippen LogP contribution is 2.23. The van der Waals surface area contributed by atoms with E-state index in [2.05, 4.69) is 26.3 Å². The summed E-state index contributed by atoms with van der Waals surface area (Å²) in [6.45, 7) is 3.02. The molecule has 0 spiro atoms. The van der Waals surface area contributed by atoms with E-state index in [1.165, 1.54) is 10.7 Å². The summed E-state index contributed by atoms with van der Waals surface area (Å²) < 4.78 is 21.3. The number of hydrogen-bond donors (Lipinski definition) is 1. The number of halogens is 2. The Labute approximate surface area is 147 Å². The minimum absolute atomic E-state index is 0.228. The van der Waals surface area contributed by atoms with Crippen molar-refractivity contribution in [2.75, 3.05) is 36.5 Å². The molecule has 0 aliphatic carbocycles. The normalized spacial score (nSPS) is 14.7. The van der Waals surface area contributed by atoms with Gasteiger partial charge < -0.3 is 15.0 Å². The molecule has 0 atom stereocenters. The van der Waals surface area contributed by atoms with Gasteiger partial charge in [-0.1, -0.05) is 6.07 Å². The SMILES string of the molecule is Cn1ncc(NCc2ccc(N3CCOCC3)c(F)c2)c(Br)c1=O. The van der Waals surface area contributed by atoms with Crippen molar-refractivity contribution in [3.63, 3.8) is 0 Å². The van der Waals surface area contributed by atoms with Crippen LogP contribution in [0.2, 0.25) is 0 Å². The Morgan fingerprint density at radius 2 is 2.12 bits per heavy atom. The fraction of sp³-hybridized carbons (Fsp3) is 0.375. The van der Waals surface area contributed by atoms with Gasteiger partial charge in [0.1, 0.15) is 10.3 Å². The summed E-state index contributed by atoms with van der Waals surface area (Å²) in [4.78, 5) is 13.8. The van der Waals surface area contributed by atoms with Crippen LogP contribution in [0, 0.1) is 5.82 Å². The summed E-state index contributed by atoms with van der Waals surface area (Å²) in [6.07, 6.45) is 1.56. The molecule has 1 N–H and O–H groups in total. The minimum atomic E-state index is -0.252. The number of anilines is 2. The van der Waals surface area contributed by atoms with Gasteiger partial charge in [0.2, 0.25) is 0 Å². The molecule has 1 saturated heterocycles. The number of rotatable bonds is 4. The van der Waals surface area contributed by atoms with Gasteiger partial charge in [0.05, 0.1) is 30.8 Å². The van der Waals surface area contributed by atoms with Crippen molar-refractivity contribution in [3.05, 3.63) is 50.6 Å². The Morgan fingerprint density at radius 3 is 2.83 bits per heavy atom. The first-order valence-corrected chi connectivity index (χ1v) is 8.42. The van der Waals surface area contributed by atoms with E-state index in [0.717, 1.165) is 5.56 Å². The maximum absolute atomic E-state index is 14.4. The lowest BCUT2D eigenvalue weighted by molar-refractivity contribution is 0.122. The topological polar surface area (TPSA) is 59.4 Å². The molecular formula is C16H18BrFN4O2. The Bertz CT molecular complexity index is 790. The van der Waals surface area contributed by atoms with Crippen LogP contribution in [0.3, 0.4) is 0 Å². The second kappa shape index (κ2) is 7.31. The number of ether oxygens (including phenoxy) is 1. The van der Waals surface area contributed by atoms with Crippen molar-refractivity contribution in [1.82, 2.24) is 9.78 Å². The molecular weight excluding hydrogens is 379 g/mol. The third-order valence-corrected chi connectivity index (χ3v) is 4.69. The van der Waals surface area contributed by atoms with E-state index in [-0.39, 0.29) is 11.4 Å². The first-order valence-electron chi connectivity index (χ1n) is 7.63. The second-order valence-electron chi connectivity index (χ2n) is 5.54. The molecule has 0 bridgehead atoms. The van der Waals surface area contributed by atoms with Crippen molar-refractivity contribution in [1.29, 1.82) is 0 Å². The van der Waals surface area contributed by atoms with Gasteiger partial charge in [-0.15, -0.1) is 0 Å². The fourth-order valence-electron chi connectivity index (χ4n) is 2.55. The van der Waals surface area contributed by atoms with E-state index in [0.29, 0.717) is 48.7 Å². The van der Waals surface area contributed by atoms with Crippen molar-refractivity contribution in [2.24, 2.45) is 7.05 Å². The third kappa shape index (κ3) is 3.59. The Hall–Kier alpha value is -1.93. The smallest absolute Gasteiger partial charge is 0.282 e. The molecule has 1 aromatic carbocycles. The molecule has 2 aromatic rings. The van der Waals surface area contributed by atoms with Crippen LogP contribution < -0.4 is 15.8 Å². The zero-order valence-corrected chi connectivity index (χ0v) is 14.8. The van der Waals surface area contributed by atoms with Crippen molar-refractivity contribution in [3.8, 4) is 0 Å². The highest BCUT2D eigenvalue weighted by atomic mass is 79.9. The van der Waals surface area contributed by atoms with Crippen LogP contribution in [-0.4, -0.2) is 36.1 Å². The largest absolute Gasteiger partial charge is 0.379 e. The molecule has 0 amide bonds. The molecule has 0 unspecified atom stereocenters. The van der Waals surface area contributed by atoms with E-state index in [4.69, 9.17) is 4.74 Å².